The quantitative estimate of drug-likeness (QED) is 0.619. The van der Waals surface area contributed by atoms with E-state index < -0.39 is 0 Å². The van der Waals surface area contributed by atoms with Crippen LogP contribution in [0.15, 0.2) is 24.3 Å². The maximum absolute atomic E-state index is 12.1. The van der Waals surface area contributed by atoms with Crippen molar-refractivity contribution in [3.63, 3.8) is 0 Å². The Labute approximate surface area is 163 Å². The third-order valence-electron chi connectivity index (χ3n) is 5.18. The van der Waals surface area contributed by atoms with Crippen LogP contribution in [-0.4, -0.2) is 36.3 Å². The molecule has 0 aromatic heterocycles. The summed E-state index contributed by atoms with van der Waals surface area (Å²) < 4.78 is 0. The molecule has 0 radical (unpaired) electrons. The molecule has 0 bridgehead atoms. The van der Waals surface area contributed by atoms with Gasteiger partial charge in [-0.15, -0.1) is 0 Å². The second-order valence-corrected chi connectivity index (χ2v) is 7.82. The van der Waals surface area contributed by atoms with Gasteiger partial charge in [0.2, 0.25) is 11.8 Å². The minimum atomic E-state index is 0.00502. The Balaban J connectivity index is 1.70. The molecule has 1 saturated heterocycles. The summed E-state index contributed by atoms with van der Waals surface area (Å²) in [5.41, 5.74) is 2.54. The highest BCUT2D eigenvalue weighted by Crippen LogP contribution is 2.19. The molecule has 2 rings (SSSR count). The van der Waals surface area contributed by atoms with E-state index in [-0.39, 0.29) is 11.8 Å². The molecule has 1 fully saturated rings. The van der Waals surface area contributed by atoms with Crippen LogP contribution in [0.3, 0.4) is 0 Å². The summed E-state index contributed by atoms with van der Waals surface area (Å²) in [5.74, 6) is 0.887. The Hall–Kier alpha value is -1.88. The summed E-state index contributed by atoms with van der Waals surface area (Å²) in [4.78, 5) is 25.4. The Morgan fingerprint density at radius 1 is 1.11 bits per heavy atom. The summed E-state index contributed by atoms with van der Waals surface area (Å²) in [6.45, 7) is 8.46. The number of nitrogens with one attached hydrogen (secondary N) is 2. The van der Waals surface area contributed by atoms with Crippen LogP contribution in [0.4, 0.5) is 0 Å². The second-order valence-electron chi connectivity index (χ2n) is 7.82. The number of rotatable bonds is 10. The van der Waals surface area contributed by atoms with Crippen LogP contribution in [0.25, 0.3) is 0 Å². The summed E-state index contributed by atoms with van der Waals surface area (Å²) in [6.07, 6.45) is 5.90. The third kappa shape index (κ3) is 8.57. The van der Waals surface area contributed by atoms with Gasteiger partial charge in [0, 0.05) is 39.5 Å². The van der Waals surface area contributed by atoms with Gasteiger partial charge in [-0.3, -0.25) is 14.5 Å². The van der Waals surface area contributed by atoms with Crippen molar-refractivity contribution in [1.82, 2.24) is 15.5 Å². The molecule has 0 saturated carbocycles. The predicted molar refractivity (Wildman–Crippen MR) is 109 cm³/mol. The molecule has 1 aromatic carbocycles. The van der Waals surface area contributed by atoms with Crippen molar-refractivity contribution in [3.05, 3.63) is 35.4 Å². The van der Waals surface area contributed by atoms with Crippen LogP contribution >= 0.6 is 0 Å². The van der Waals surface area contributed by atoms with E-state index >= 15 is 0 Å². The summed E-state index contributed by atoms with van der Waals surface area (Å²) in [5, 5.41) is 5.85. The number of amides is 2. The normalized spacial score (nSPS) is 17.5. The van der Waals surface area contributed by atoms with Crippen molar-refractivity contribution in [2.45, 2.75) is 65.5 Å². The maximum atomic E-state index is 12.1. The van der Waals surface area contributed by atoms with Gasteiger partial charge in [0.05, 0.1) is 0 Å². The van der Waals surface area contributed by atoms with Crippen LogP contribution < -0.4 is 10.6 Å². The highest BCUT2D eigenvalue weighted by Gasteiger charge is 2.17. The number of hydrogen-bond acceptors (Lipinski definition) is 3. The number of piperidine rings is 1. The summed E-state index contributed by atoms with van der Waals surface area (Å²) >= 11 is 0. The average Bonchev–Trinajstić information content (AvgIpc) is 2.63. The van der Waals surface area contributed by atoms with Crippen molar-refractivity contribution in [3.8, 4) is 0 Å². The SMILES string of the molecule is CC(=O)NCCCCCC(=O)NCc1ccccc1CN1CCC[C@@H](C)C1. The first-order valence-electron chi connectivity index (χ1n) is 10.3. The van der Waals surface area contributed by atoms with Gasteiger partial charge in [0.25, 0.3) is 0 Å². The lowest BCUT2D eigenvalue weighted by molar-refractivity contribution is -0.121. The Morgan fingerprint density at radius 3 is 2.63 bits per heavy atom. The van der Waals surface area contributed by atoms with E-state index in [2.05, 4.69) is 40.7 Å². The first-order valence-corrected chi connectivity index (χ1v) is 10.3. The fourth-order valence-corrected chi connectivity index (χ4v) is 3.69. The smallest absolute Gasteiger partial charge is 0.220 e. The highest BCUT2D eigenvalue weighted by atomic mass is 16.2. The molecule has 27 heavy (non-hydrogen) atoms. The molecular formula is C22H35N3O2. The largest absolute Gasteiger partial charge is 0.356 e. The van der Waals surface area contributed by atoms with Crippen molar-refractivity contribution in [2.24, 2.45) is 5.92 Å². The Kier molecular flexibility index (Phi) is 9.32. The van der Waals surface area contributed by atoms with E-state index in [0.717, 1.165) is 31.7 Å². The predicted octanol–water partition coefficient (Wildman–Crippen LogP) is 3.23. The van der Waals surface area contributed by atoms with Gasteiger partial charge in [0.1, 0.15) is 0 Å². The van der Waals surface area contributed by atoms with Gasteiger partial charge in [-0.25, -0.2) is 0 Å². The average molecular weight is 374 g/mol. The number of unbranched alkanes of at least 4 members (excludes halogenated alkanes) is 2. The van der Waals surface area contributed by atoms with Gasteiger partial charge in [-0.2, -0.15) is 0 Å². The monoisotopic (exact) mass is 373 g/mol. The van der Waals surface area contributed by atoms with Crippen molar-refractivity contribution in [1.29, 1.82) is 0 Å². The second kappa shape index (κ2) is 11.8. The Bertz CT molecular complexity index is 603. The molecule has 2 N–H and O–H groups in total. The molecule has 1 aliphatic heterocycles. The minimum absolute atomic E-state index is 0.00502. The number of carbonyl (C=O) groups is 2. The molecule has 1 aromatic rings. The fourth-order valence-electron chi connectivity index (χ4n) is 3.69. The fraction of sp³-hybridized carbons (Fsp3) is 0.636. The van der Waals surface area contributed by atoms with Crippen molar-refractivity contribution < 1.29 is 9.59 Å². The van der Waals surface area contributed by atoms with Crippen molar-refractivity contribution >= 4 is 11.8 Å². The van der Waals surface area contributed by atoms with E-state index in [9.17, 15) is 9.59 Å². The molecule has 5 nitrogen and oxygen atoms in total. The highest BCUT2D eigenvalue weighted by molar-refractivity contribution is 5.75. The number of hydrogen-bond donors (Lipinski definition) is 2. The van der Waals surface area contributed by atoms with Gasteiger partial charge >= 0.3 is 0 Å². The van der Waals surface area contributed by atoms with E-state index in [1.54, 1.807) is 0 Å². The molecule has 0 spiro atoms. The van der Waals surface area contributed by atoms with Gasteiger partial charge in [-0.1, -0.05) is 37.6 Å². The number of nitrogens with zero attached hydrogens (tertiary/aromatic N) is 1. The first kappa shape index (κ1) is 21.4. The summed E-state index contributed by atoms with van der Waals surface area (Å²) in [7, 11) is 0. The minimum Gasteiger partial charge on any atom is -0.356 e. The zero-order chi connectivity index (χ0) is 19.5. The molecule has 5 heteroatoms. The van der Waals surface area contributed by atoms with E-state index in [1.807, 2.05) is 6.07 Å². The maximum Gasteiger partial charge on any atom is 0.220 e. The first-order chi connectivity index (χ1) is 13.0. The van der Waals surface area contributed by atoms with Crippen LogP contribution in [0, 0.1) is 5.92 Å². The molecule has 150 valence electrons. The lowest BCUT2D eigenvalue weighted by atomic mass is 9.99. The number of likely N-dealkylation sites (tertiary alicyclic amines) is 1. The third-order valence-corrected chi connectivity index (χ3v) is 5.18. The van der Waals surface area contributed by atoms with E-state index in [1.165, 1.54) is 44.0 Å². The van der Waals surface area contributed by atoms with Crippen molar-refractivity contribution in [2.75, 3.05) is 19.6 Å². The summed E-state index contributed by atoms with van der Waals surface area (Å²) in [6, 6.07) is 8.44. The van der Waals surface area contributed by atoms with Gasteiger partial charge < -0.3 is 10.6 Å². The zero-order valence-corrected chi connectivity index (χ0v) is 16.9. The number of carbonyl (C=O) groups excluding carboxylic acids is 2. The molecule has 1 aliphatic rings. The van der Waals surface area contributed by atoms with E-state index in [4.69, 9.17) is 0 Å². The van der Waals surface area contributed by atoms with Crippen LogP contribution in [0.5, 0.6) is 0 Å². The standard InChI is InChI=1S/C22H35N3O2/c1-18-9-8-14-25(16-18)17-21-11-6-5-10-20(21)15-24-22(27)12-4-3-7-13-23-19(2)26/h5-6,10-11,18H,3-4,7-9,12-17H2,1-2H3,(H,23,26)(H,24,27)/t18-/m1/s1. The molecule has 0 unspecified atom stereocenters. The lowest BCUT2D eigenvalue weighted by Crippen LogP contribution is -2.34. The molecule has 2 amide bonds. The molecule has 1 heterocycles. The Morgan fingerprint density at radius 2 is 1.89 bits per heavy atom. The van der Waals surface area contributed by atoms with Crippen LogP contribution in [0.2, 0.25) is 0 Å². The lowest BCUT2D eigenvalue weighted by Gasteiger charge is -2.31. The molecule has 0 aliphatic carbocycles. The van der Waals surface area contributed by atoms with Gasteiger partial charge in [-0.05, 0) is 49.3 Å². The van der Waals surface area contributed by atoms with E-state index in [0.29, 0.717) is 19.5 Å². The van der Waals surface area contributed by atoms with Gasteiger partial charge in [0.15, 0.2) is 0 Å². The topological polar surface area (TPSA) is 61.4 Å². The number of benzene rings is 1. The zero-order valence-electron chi connectivity index (χ0n) is 16.9. The molecular weight excluding hydrogens is 338 g/mol. The van der Waals surface area contributed by atoms with Crippen LogP contribution in [0.1, 0.15) is 63.5 Å². The van der Waals surface area contributed by atoms with Crippen LogP contribution in [-0.2, 0) is 22.7 Å². The molecule has 1 atom stereocenters.